The Kier molecular flexibility index (Phi) is 2.59. The molecule has 2 aromatic rings. The first-order valence-electron chi connectivity index (χ1n) is 3.63. The topological polar surface area (TPSA) is 12.9 Å². The van der Waals surface area contributed by atoms with Crippen molar-refractivity contribution < 1.29 is 4.39 Å². The van der Waals surface area contributed by atoms with E-state index in [9.17, 15) is 4.39 Å². The average molecular weight is 305 g/mol. The Morgan fingerprint density at radius 2 is 2.15 bits per heavy atom. The van der Waals surface area contributed by atoms with Crippen molar-refractivity contribution in [2.24, 2.45) is 0 Å². The predicted octanol–water partition coefficient (Wildman–Crippen LogP) is 3.55. The zero-order valence-electron chi connectivity index (χ0n) is 6.50. The molecule has 13 heavy (non-hydrogen) atoms. The third-order valence-corrected chi connectivity index (χ3v) is 3.10. The summed E-state index contributed by atoms with van der Waals surface area (Å²) in [5, 5.41) is 1.91. The number of nitrogens with zero attached hydrogens (tertiary/aromatic N) is 1. The molecule has 1 aromatic heterocycles. The minimum atomic E-state index is -0.205. The molecule has 0 saturated carbocycles. The van der Waals surface area contributed by atoms with Crippen molar-refractivity contribution in [2.75, 3.05) is 0 Å². The lowest BCUT2D eigenvalue weighted by Gasteiger charge is -1.99. The van der Waals surface area contributed by atoms with Crippen molar-refractivity contribution in [1.29, 1.82) is 0 Å². The molecule has 1 nitrogen and oxygen atoms in total. The van der Waals surface area contributed by atoms with Crippen LogP contribution in [0.5, 0.6) is 0 Å². The standard InChI is InChI=1S/C9H5FINS/c10-6-1-2-7(8(11)5-6)9-3-4-13-12-9/h1-5H. The van der Waals surface area contributed by atoms with Gasteiger partial charge in [-0.1, -0.05) is 0 Å². The highest BCUT2D eigenvalue weighted by Gasteiger charge is 2.05. The quantitative estimate of drug-likeness (QED) is 0.734. The maximum Gasteiger partial charge on any atom is 0.124 e. The zero-order valence-corrected chi connectivity index (χ0v) is 9.47. The van der Waals surface area contributed by atoms with Crippen LogP contribution in [0, 0.1) is 9.39 Å². The molecule has 2 rings (SSSR count). The van der Waals surface area contributed by atoms with E-state index in [1.807, 2.05) is 11.4 Å². The van der Waals surface area contributed by atoms with Crippen LogP contribution in [0.4, 0.5) is 4.39 Å². The summed E-state index contributed by atoms with van der Waals surface area (Å²) in [5.41, 5.74) is 1.90. The van der Waals surface area contributed by atoms with Crippen LogP contribution in [0.15, 0.2) is 29.6 Å². The number of halogens is 2. The van der Waals surface area contributed by atoms with Crippen LogP contribution in [0.1, 0.15) is 0 Å². The third-order valence-electron chi connectivity index (χ3n) is 1.64. The van der Waals surface area contributed by atoms with E-state index in [-0.39, 0.29) is 5.82 Å². The van der Waals surface area contributed by atoms with E-state index >= 15 is 0 Å². The van der Waals surface area contributed by atoms with Crippen molar-refractivity contribution in [3.05, 3.63) is 39.0 Å². The Balaban J connectivity index is 2.53. The molecule has 0 saturated heterocycles. The second-order valence-electron chi connectivity index (χ2n) is 2.51. The van der Waals surface area contributed by atoms with Gasteiger partial charge >= 0.3 is 0 Å². The summed E-state index contributed by atoms with van der Waals surface area (Å²) in [4.78, 5) is 0. The molecule has 1 aromatic carbocycles. The Morgan fingerprint density at radius 3 is 2.77 bits per heavy atom. The fourth-order valence-corrected chi connectivity index (χ4v) is 2.33. The van der Waals surface area contributed by atoms with E-state index < -0.39 is 0 Å². The summed E-state index contributed by atoms with van der Waals surface area (Å²) in [6, 6.07) is 6.65. The lowest BCUT2D eigenvalue weighted by atomic mass is 10.1. The molecule has 0 bridgehead atoms. The average Bonchev–Trinajstić information content (AvgIpc) is 2.56. The molecule has 0 spiro atoms. The molecule has 66 valence electrons. The number of benzene rings is 1. The fourth-order valence-electron chi connectivity index (χ4n) is 1.05. The zero-order chi connectivity index (χ0) is 9.26. The molecule has 0 N–H and O–H groups in total. The SMILES string of the molecule is Fc1ccc(-c2ccsn2)c(I)c1. The van der Waals surface area contributed by atoms with Gasteiger partial charge in [-0.2, -0.15) is 4.37 Å². The molecular weight excluding hydrogens is 300 g/mol. The molecule has 0 aliphatic carbocycles. The molecule has 0 aliphatic heterocycles. The fraction of sp³-hybridized carbons (Fsp3) is 0. The number of aromatic nitrogens is 1. The molecule has 4 heteroatoms. The van der Waals surface area contributed by atoms with Crippen molar-refractivity contribution in [3.8, 4) is 11.3 Å². The maximum atomic E-state index is 12.8. The first-order chi connectivity index (χ1) is 6.27. The van der Waals surface area contributed by atoms with Gasteiger partial charge in [0.25, 0.3) is 0 Å². The van der Waals surface area contributed by atoms with Gasteiger partial charge in [0.15, 0.2) is 0 Å². The van der Waals surface area contributed by atoms with Crippen LogP contribution < -0.4 is 0 Å². The van der Waals surface area contributed by atoms with Crippen molar-refractivity contribution >= 4 is 34.1 Å². The second kappa shape index (κ2) is 3.71. The van der Waals surface area contributed by atoms with Crippen LogP contribution >= 0.6 is 34.1 Å². The largest absolute Gasteiger partial charge is 0.207 e. The summed E-state index contributed by atoms with van der Waals surface area (Å²) in [6.45, 7) is 0. The summed E-state index contributed by atoms with van der Waals surface area (Å²) in [5.74, 6) is -0.205. The number of hydrogen-bond donors (Lipinski definition) is 0. The van der Waals surface area contributed by atoms with E-state index in [4.69, 9.17) is 0 Å². The monoisotopic (exact) mass is 305 g/mol. The highest BCUT2D eigenvalue weighted by molar-refractivity contribution is 14.1. The van der Waals surface area contributed by atoms with E-state index in [0.29, 0.717) is 0 Å². The smallest absolute Gasteiger partial charge is 0.124 e. The van der Waals surface area contributed by atoms with Crippen LogP contribution in [0.25, 0.3) is 11.3 Å². The molecule has 0 radical (unpaired) electrons. The molecular formula is C9H5FINS. The van der Waals surface area contributed by atoms with E-state index in [1.165, 1.54) is 23.7 Å². The van der Waals surface area contributed by atoms with E-state index in [2.05, 4.69) is 27.0 Å². The minimum Gasteiger partial charge on any atom is -0.207 e. The van der Waals surface area contributed by atoms with Gasteiger partial charge in [0.2, 0.25) is 0 Å². The Bertz CT molecular complexity index is 414. The molecule has 0 fully saturated rings. The first kappa shape index (κ1) is 9.08. The van der Waals surface area contributed by atoms with Crippen molar-refractivity contribution in [2.45, 2.75) is 0 Å². The summed E-state index contributed by atoms with van der Waals surface area (Å²) >= 11 is 3.51. The van der Waals surface area contributed by atoms with Gasteiger partial charge in [-0.05, 0) is 58.4 Å². The van der Waals surface area contributed by atoms with Crippen LogP contribution in [0.2, 0.25) is 0 Å². The number of rotatable bonds is 1. The highest BCUT2D eigenvalue weighted by atomic mass is 127. The maximum absolute atomic E-state index is 12.8. The normalized spacial score (nSPS) is 10.3. The van der Waals surface area contributed by atoms with Crippen LogP contribution in [-0.2, 0) is 0 Å². The number of hydrogen-bond acceptors (Lipinski definition) is 2. The predicted molar refractivity (Wildman–Crippen MR) is 60.2 cm³/mol. The van der Waals surface area contributed by atoms with Gasteiger partial charge in [0, 0.05) is 14.5 Å². The highest BCUT2D eigenvalue weighted by Crippen LogP contribution is 2.24. The summed E-state index contributed by atoms with van der Waals surface area (Å²) in [7, 11) is 0. The van der Waals surface area contributed by atoms with Gasteiger partial charge in [-0.25, -0.2) is 4.39 Å². The van der Waals surface area contributed by atoms with Crippen molar-refractivity contribution in [1.82, 2.24) is 4.37 Å². The van der Waals surface area contributed by atoms with Crippen molar-refractivity contribution in [3.63, 3.8) is 0 Å². The first-order valence-corrected chi connectivity index (χ1v) is 5.55. The van der Waals surface area contributed by atoms with Gasteiger partial charge in [-0.3, -0.25) is 0 Å². The molecule has 0 amide bonds. The van der Waals surface area contributed by atoms with Gasteiger partial charge in [-0.15, -0.1) is 0 Å². The Morgan fingerprint density at radius 1 is 1.31 bits per heavy atom. The Hall–Kier alpha value is -0.490. The Labute approximate surface area is 92.9 Å². The summed E-state index contributed by atoms with van der Waals surface area (Å²) < 4.78 is 17.9. The van der Waals surface area contributed by atoms with E-state index in [0.717, 1.165) is 14.8 Å². The third kappa shape index (κ3) is 1.88. The second-order valence-corrected chi connectivity index (χ2v) is 4.34. The van der Waals surface area contributed by atoms with E-state index in [1.54, 1.807) is 6.07 Å². The molecule has 0 unspecified atom stereocenters. The van der Waals surface area contributed by atoms with Crippen LogP contribution in [-0.4, -0.2) is 4.37 Å². The molecule has 0 aliphatic rings. The summed E-state index contributed by atoms with van der Waals surface area (Å²) in [6.07, 6.45) is 0. The van der Waals surface area contributed by atoms with Gasteiger partial charge in [0.1, 0.15) is 5.82 Å². The lowest BCUT2D eigenvalue weighted by Crippen LogP contribution is -1.83. The van der Waals surface area contributed by atoms with Gasteiger partial charge in [0.05, 0.1) is 5.69 Å². The van der Waals surface area contributed by atoms with Crippen LogP contribution in [0.3, 0.4) is 0 Å². The van der Waals surface area contributed by atoms with Gasteiger partial charge < -0.3 is 0 Å². The molecule has 1 heterocycles. The lowest BCUT2D eigenvalue weighted by molar-refractivity contribution is 0.627. The molecule has 0 atom stereocenters. The minimum absolute atomic E-state index is 0.205.